The van der Waals surface area contributed by atoms with Gasteiger partial charge in [0.15, 0.2) is 11.5 Å². The van der Waals surface area contributed by atoms with Crippen LogP contribution in [0.2, 0.25) is 0 Å². The van der Waals surface area contributed by atoms with Crippen molar-refractivity contribution >= 4 is 32.4 Å². The molecule has 1 fully saturated rings. The van der Waals surface area contributed by atoms with Crippen molar-refractivity contribution in [1.82, 2.24) is 19.5 Å². The highest BCUT2D eigenvalue weighted by molar-refractivity contribution is 7.53. The van der Waals surface area contributed by atoms with Crippen molar-refractivity contribution in [3.63, 3.8) is 0 Å². The largest absolute Gasteiger partial charge is 0.469 e. The molecule has 1 unspecified atom stereocenters. The third-order valence-electron chi connectivity index (χ3n) is 4.23. The second-order valence-electron chi connectivity index (χ2n) is 6.54. The summed E-state index contributed by atoms with van der Waals surface area (Å²) < 4.78 is 40.5. The molecule has 0 amide bonds. The minimum atomic E-state index is -4.83. The van der Waals surface area contributed by atoms with Gasteiger partial charge in [-0.1, -0.05) is 13.8 Å². The molecule has 0 bridgehead atoms. The minimum absolute atomic E-state index is 0.0198. The summed E-state index contributed by atoms with van der Waals surface area (Å²) in [6.07, 6.45) is -0.181. The number of fused-ring (bicyclic) bond motifs is 1. The fraction of sp³-hybridized carbons (Fsp3) is 0.615. The van der Waals surface area contributed by atoms with Crippen molar-refractivity contribution in [3.05, 3.63) is 12.7 Å². The van der Waals surface area contributed by atoms with Crippen LogP contribution in [0.3, 0.4) is 0 Å². The van der Waals surface area contributed by atoms with Crippen LogP contribution < -0.4 is 5.73 Å². The molecule has 28 heavy (non-hydrogen) atoms. The number of phosphoric ester groups is 1. The van der Waals surface area contributed by atoms with Gasteiger partial charge in [-0.15, -0.1) is 0 Å². The zero-order valence-corrected chi connectivity index (χ0v) is 16.8. The summed E-state index contributed by atoms with van der Waals surface area (Å²) in [5, 5.41) is 0. The fourth-order valence-corrected chi connectivity index (χ4v) is 3.95. The number of ether oxygens (including phenoxy) is 1. The number of hydrogen-bond donors (Lipinski definition) is 4. The van der Waals surface area contributed by atoms with Gasteiger partial charge in [0.05, 0.1) is 18.6 Å². The predicted molar refractivity (Wildman–Crippen MR) is 96.1 cm³/mol. The lowest BCUT2D eigenvalue weighted by molar-refractivity contribution is -0.0392. The first-order chi connectivity index (χ1) is 13.0. The highest BCUT2D eigenvalue weighted by Gasteiger charge is 2.42. The third-order valence-corrected chi connectivity index (χ3v) is 6.60. The number of anilines is 1. The standard InChI is InChI=1S/C13H21N5O8P2/c1-7(2)27(19,20)24-4-9-8(26-28(21,22)23)3-10(25-9)18-6-17-11-12(14)15-5-16-13(11)18/h5-10H,3-4H2,1-2H3,(H,19,20)(H2,14,15,16)(H2,21,22,23)/t8-,9+,10+/m0/s1. The number of hydrogen-bond acceptors (Lipinski definition) is 9. The van der Waals surface area contributed by atoms with Crippen LogP contribution in [0, 0.1) is 0 Å². The van der Waals surface area contributed by atoms with E-state index in [1.807, 2.05) is 0 Å². The molecule has 156 valence electrons. The smallest absolute Gasteiger partial charge is 0.382 e. The Kier molecular flexibility index (Phi) is 5.91. The number of nitrogens with zero attached hydrogens (tertiary/aromatic N) is 4. The molecule has 3 heterocycles. The summed E-state index contributed by atoms with van der Waals surface area (Å²) in [4.78, 5) is 40.2. The van der Waals surface area contributed by atoms with Gasteiger partial charge >= 0.3 is 15.4 Å². The zero-order chi connectivity index (χ0) is 20.7. The van der Waals surface area contributed by atoms with E-state index in [9.17, 15) is 14.0 Å². The summed E-state index contributed by atoms with van der Waals surface area (Å²) in [6, 6.07) is 0. The quantitative estimate of drug-likeness (QED) is 0.446. The lowest BCUT2D eigenvalue weighted by Crippen LogP contribution is -2.28. The lowest BCUT2D eigenvalue weighted by atomic mass is 10.2. The lowest BCUT2D eigenvalue weighted by Gasteiger charge is -2.22. The summed E-state index contributed by atoms with van der Waals surface area (Å²) in [7, 11) is -8.74. The summed E-state index contributed by atoms with van der Waals surface area (Å²) in [5.74, 6) is 0.169. The molecule has 13 nitrogen and oxygen atoms in total. The van der Waals surface area contributed by atoms with Crippen LogP contribution in [-0.2, 0) is 22.9 Å². The molecule has 1 saturated heterocycles. The second kappa shape index (κ2) is 7.77. The van der Waals surface area contributed by atoms with Crippen LogP contribution in [0.4, 0.5) is 5.82 Å². The molecule has 4 atom stereocenters. The van der Waals surface area contributed by atoms with Crippen LogP contribution in [0.1, 0.15) is 26.5 Å². The van der Waals surface area contributed by atoms with Crippen LogP contribution in [-0.4, -0.2) is 58.7 Å². The maximum absolute atomic E-state index is 12.0. The fourth-order valence-electron chi connectivity index (χ4n) is 2.72. The first kappa shape index (κ1) is 21.3. The molecular weight excluding hydrogens is 416 g/mol. The van der Waals surface area contributed by atoms with Crippen molar-refractivity contribution in [2.75, 3.05) is 12.3 Å². The van der Waals surface area contributed by atoms with Gasteiger partial charge in [0.25, 0.3) is 0 Å². The number of imidazole rings is 1. The van der Waals surface area contributed by atoms with Crippen LogP contribution >= 0.6 is 15.4 Å². The van der Waals surface area contributed by atoms with E-state index < -0.39 is 46.1 Å². The predicted octanol–water partition coefficient (Wildman–Crippen LogP) is 0.784. The zero-order valence-electron chi connectivity index (χ0n) is 15.0. The van der Waals surface area contributed by atoms with E-state index in [1.54, 1.807) is 0 Å². The Morgan fingerprint density at radius 1 is 1.32 bits per heavy atom. The van der Waals surface area contributed by atoms with Gasteiger partial charge in [-0.2, -0.15) is 0 Å². The monoisotopic (exact) mass is 437 g/mol. The molecule has 0 aliphatic carbocycles. The Morgan fingerprint density at radius 3 is 2.68 bits per heavy atom. The van der Waals surface area contributed by atoms with E-state index in [1.165, 1.54) is 31.1 Å². The highest BCUT2D eigenvalue weighted by Crippen LogP contribution is 2.49. The number of nitrogen functional groups attached to an aromatic ring is 1. The third kappa shape index (κ3) is 4.58. The maximum Gasteiger partial charge on any atom is 0.469 e. The van der Waals surface area contributed by atoms with E-state index in [2.05, 4.69) is 15.0 Å². The maximum atomic E-state index is 12.0. The van der Waals surface area contributed by atoms with Gasteiger partial charge in [-0.25, -0.2) is 19.5 Å². The summed E-state index contributed by atoms with van der Waals surface area (Å²) in [5.41, 5.74) is 5.82. The summed E-state index contributed by atoms with van der Waals surface area (Å²) >= 11 is 0. The second-order valence-corrected chi connectivity index (χ2v) is 10.1. The Hall–Kier alpha value is -1.43. The first-order valence-corrected chi connectivity index (χ1v) is 11.4. The van der Waals surface area contributed by atoms with Crippen LogP contribution in [0.15, 0.2) is 12.7 Å². The number of nitrogens with two attached hydrogens (primary N) is 1. The molecule has 3 rings (SSSR count). The first-order valence-electron chi connectivity index (χ1n) is 8.27. The molecule has 1 aliphatic heterocycles. The number of rotatable bonds is 7. The van der Waals surface area contributed by atoms with Gasteiger partial charge in [-0.05, 0) is 0 Å². The van der Waals surface area contributed by atoms with Crippen LogP contribution in [0.25, 0.3) is 11.2 Å². The molecule has 1 aliphatic rings. The molecule has 0 radical (unpaired) electrons. The van der Waals surface area contributed by atoms with Gasteiger partial charge in [0.1, 0.15) is 30.3 Å². The average molecular weight is 437 g/mol. The number of aromatic nitrogens is 4. The molecule has 0 spiro atoms. The molecule has 2 aromatic rings. The molecule has 2 aromatic heterocycles. The van der Waals surface area contributed by atoms with Crippen molar-refractivity contribution in [1.29, 1.82) is 0 Å². The Balaban J connectivity index is 1.83. The molecule has 15 heteroatoms. The SMILES string of the molecule is CC(C)P(=O)(O)OC[C@H]1O[C@@H](n2cnc3c(N)ncnc32)C[C@@H]1OP(=O)(O)O. The Bertz CT molecular complexity index is 946. The average Bonchev–Trinajstić information content (AvgIpc) is 3.16. The van der Waals surface area contributed by atoms with Crippen molar-refractivity contribution < 1.29 is 37.6 Å². The molecule has 0 saturated carbocycles. The molecule has 5 N–H and O–H groups in total. The van der Waals surface area contributed by atoms with Gasteiger partial charge in [0, 0.05) is 6.42 Å². The van der Waals surface area contributed by atoms with E-state index >= 15 is 0 Å². The van der Waals surface area contributed by atoms with Gasteiger partial charge in [0.2, 0.25) is 0 Å². The molecular formula is C13H21N5O8P2. The number of phosphoric acid groups is 1. The molecule has 0 aromatic carbocycles. The van der Waals surface area contributed by atoms with Gasteiger partial charge < -0.3 is 29.7 Å². The van der Waals surface area contributed by atoms with Crippen molar-refractivity contribution in [3.8, 4) is 0 Å². The van der Waals surface area contributed by atoms with E-state index in [-0.39, 0.29) is 12.2 Å². The van der Waals surface area contributed by atoms with Crippen molar-refractivity contribution in [2.24, 2.45) is 0 Å². The summed E-state index contributed by atoms with van der Waals surface area (Å²) in [6.45, 7) is 2.64. The van der Waals surface area contributed by atoms with Gasteiger partial charge in [-0.3, -0.25) is 13.7 Å². The van der Waals surface area contributed by atoms with E-state index in [0.717, 1.165) is 0 Å². The topological polar surface area (TPSA) is 192 Å². The normalized spacial score (nSPS) is 25.4. The van der Waals surface area contributed by atoms with E-state index in [0.29, 0.717) is 11.2 Å². The van der Waals surface area contributed by atoms with Crippen LogP contribution in [0.5, 0.6) is 0 Å². The van der Waals surface area contributed by atoms with Crippen molar-refractivity contribution in [2.45, 2.75) is 44.4 Å². The highest BCUT2D eigenvalue weighted by atomic mass is 31.2. The Labute approximate surface area is 159 Å². The van der Waals surface area contributed by atoms with E-state index in [4.69, 9.17) is 29.3 Å². The Morgan fingerprint density at radius 2 is 2.04 bits per heavy atom. The minimum Gasteiger partial charge on any atom is -0.382 e.